The van der Waals surface area contributed by atoms with Crippen LogP contribution < -0.4 is 9.47 Å². The minimum absolute atomic E-state index is 0.0416. The zero-order valence-electron chi connectivity index (χ0n) is 9.73. The number of benzene rings is 1. The summed E-state index contributed by atoms with van der Waals surface area (Å²) in [7, 11) is 0. The van der Waals surface area contributed by atoms with Crippen LogP contribution in [0.15, 0.2) is 18.2 Å². The van der Waals surface area contributed by atoms with Crippen LogP contribution in [0, 0.1) is 11.6 Å². The number of halogens is 3. The van der Waals surface area contributed by atoms with E-state index in [-0.39, 0.29) is 23.1 Å². The highest BCUT2D eigenvalue weighted by atomic mass is 35.5. The normalized spacial score (nSPS) is 10.3. The van der Waals surface area contributed by atoms with Gasteiger partial charge in [0.2, 0.25) is 5.28 Å². The molecule has 5 nitrogen and oxygen atoms in total. The predicted molar refractivity (Wildman–Crippen MR) is 62.4 cm³/mol. The molecule has 0 aliphatic carbocycles. The Labute approximate surface area is 112 Å². The third-order valence-corrected chi connectivity index (χ3v) is 2.10. The van der Waals surface area contributed by atoms with Crippen LogP contribution in [0.25, 0.3) is 0 Å². The van der Waals surface area contributed by atoms with Gasteiger partial charge in [-0.1, -0.05) is 0 Å². The van der Waals surface area contributed by atoms with E-state index in [4.69, 9.17) is 21.1 Å². The number of aromatic nitrogens is 3. The molecule has 0 aliphatic heterocycles. The molecule has 0 radical (unpaired) electrons. The Bertz CT molecular complexity index is 598. The lowest BCUT2D eigenvalue weighted by molar-refractivity contribution is 0.301. The summed E-state index contributed by atoms with van der Waals surface area (Å²) < 4.78 is 36.2. The lowest BCUT2D eigenvalue weighted by Crippen LogP contribution is -2.02. The molecule has 0 unspecified atom stereocenters. The summed E-state index contributed by atoms with van der Waals surface area (Å²) >= 11 is 5.64. The van der Waals surface area contributed by atoms with Gasteiger partial charge in [0, 0.05) is 6.07 Å². The van der Waals surface area contributed by atoms with Gasteiger partial charge >= 0.3 is 12.0 Å². The number of hydrogen-bond acceptors (Lipinski definition) is 5. The van der Waals surface area contributed by atoms with Crippen molar-refractivity contribution in [1.29, 1.82) is 0 Å². The van der Waals surface area contributed by atoms with Crippen LogP contribution in [0.5, 0.6) is 17.8 Å². The average molecular weight is 288 g/mol. The molecule has 0 saturated carbocycles. The molecular weight excluding hydrogens is 280 g/mol. The van der Waals surface area contributed by atoms with E-state index in [2.05, 4.69) is 15.0 Å². The van der Waals surface area contributed by atoms with Gasteiger partial charge in [-0.05, 0) is 30.7 Å². The van der Waals surface area contributed by atoms with Crippen molar-refractivity contribution in [3.63, 3.8) is 0 Å². The molecule has 0 amide bonds. The van der Waals surface area contributed by atoms with Crippen molar-refractivity contribution in [2.24, 2.45) is 0 Å². The molecule has 0 saturated heterocycles. The fourth-order valence-corrected chi connectivity index (χ4v) is 1.35. The first-order valence-electron chi connectivity index (χ1n) is 5.25. The van der Waals surface area contributed by atoms with E-state index in [1.807, 2.05) is 0 Å². The molecule has 1 aromatic carbocycles. The molecule has 0 spiro atoms. The van der Waals surface area contributed by atoms with E-state index in [1.54, 1.807) is 6.92 Å². The molecule has 2 aromatic rings. The molecule has 100 valence electrons. The average Bonchev–Trinajstić information content (AvgIpc) is 2.32. The zero-order valence-corrected chi connectivity index (χ0v) is 10.5. The van der Waals surface area contributed by atoms with Crippen molar-refractivity contribution in [2.75, 3.05) is 6.61 Å². The third kappa shape index (κ3) is 3.47. The summed E-state index contributed by atoms with van der Waals surface area (Å²) in [6, 6.07) is 2.56. The smallest absolute Gasteiger partial charge is 0.329 e. The molecule has 8 heteroatoms. The summed E-state index contributed by atoms with van der Waals surface area (Å²) in [5.41, 5.74) is 0. The molecular formula is C11H8ClF2N3O2. The maximum atomic E-state index is 13.4. The van der Waals surface area contributed by atoms with E-state index < -0.39 is 11.6 Å². The van der Waals surface area contributed by atoms with Crippen LogP contribution in [-0.2, 0) is 0 Å². The predicted octanol–water partition coefficient (Wildman–Crippen LogP) is 2.99. The topological polar surface area (TPSA) is 57.1 Å². The quantitative estimate of drug-likeness (QED) is 0.865. The summed E-state index contributed by atoms with van der Waals surface area (Å²) in [6.45, 7) is 2.06. The van der Waals surface area contributed by atoms with Crippen LogP contribution in [0.1, 0.15) is 6.92 Å². The first kappa shape index (κ1) is 13.4. The number of ether oxygens (including phenoxy) is 2. The summed E-state index contributed by atoms with van der Waals surface area (Å²) in [5, 5.41) is -0.157. The van der Waals surface area contributed by atoms with Gasteiger partial charge in [-0.3, -0.25) is 0 Å². The van der Waals surface area contributed by atoms with Crippen molar-refractivity contribution < 1.29 is 18.3 Å². The minimum atomic E-state index is -0.880. The Balaban J connectivity index is 2.27. The molecule has 2 rings (SSSR count). The minimum Gasteiger partial charge on any atom is -0.464 e. The second kappa shape index (κ2) is 5.75. The van der Waals surface area contributed by atoms with Gasteiger partial charge in [0.1, 0.15) is 5.82 Å². The van der Waals surface area contributed by atoms with Crippen LogP contribution in [-0.4, -0.2) is 21.6 Å². The lowest BCUT2D eigenvalue weighted by atomic mass is 10.3. The van der Waals surface area contributed by atoms with Crippen molar-refractivity contribution >= 4 is 11.6 Å². The molecule has 1 heterocycles. The highest BCUT2D eigenvalue weighted by molar-refractivity contribution is 6.28. The van der Waals surface area contributed by atoms with Crippen LogP contribution >= 0.6 is 11.6 Å². The molecule has 1 aromatic heterocycles. The number of hydrogen-bond donors (Lipinski definition) is 0. The molecule has 0 fully saturated rings. The molecule has 0 N–H and O–H groups in total. The summed E-state index contributed by atoms with van der Waals surface area (Å²) in [5.74, 6) is -1.82. The van der Waals surface area contributed by atoms with Crippen LogP contribution in [0.3, 0.4) is 0 Å². The fourth-order valence-electron chi connectivity index (χ4n) is 1.21. The Kier molecular flexibility index (Phi) is 4.06. The number of rotatable bonds is 4. The van der Waals surface area contributed by atoms with Gasteiger partial charge in [0.25, 0.3) is 0 Å². The van der Waals surface area contributed by atoms with E-state index in [0.29, 0.717) is 12.7 Å². The third-order valence-electron chi connectivity index (χ3n) is 1.94. The lowest BCUT2D eigenvalue weighted by Gasteiger charge is -2.06. The second-order valence-electron chi connectivity index (χ2n) is 3.28. The van der Waals surface area contributed by atoms with E-state index in [1.165, 1.54) is 0 Å². The van der Waals surface area contributed by atoms with Gasteiger partial charge in [-0.2, -0.15) is 9.97 Å². The monoisotopic (exact) mass is 287 g/mol. The van der Waals surface area contributed by atoms with Gasteiger partial charge in [0.05, 0.1) is 6.61 Å². The standard InChI is InChI=1S/C11H8ClF2N3O2/c1-2-18-10-15-9(12)16-11(17-10)19-8-4-3-6(13)5-7(8)14/h3-5H,2H2,1H3. The molecule has 0 atom stereocenters. The first-order valence-corrected chi connectivity index (χ1v) is 5.63. The summed E-state index contributed by atoms with van der Waals surface area (Å²) in [4.78, 5) is 11.1. The van der Waals surface area contributed by atoms with Gasteiger partial charge in [-0.15, -0.1) is 4.98 Å². The second-order valence-corrected chi connectivity index (χ2v) is 3.62. The van der Waals surface area contributed by atoms with E-state index >= 15 is 0 Å². The van der Waals surface area contributed by atoms with E-state index in [9.17, 15) is 8.78 Å². The highest BCUT2D eigenvalue weighted by Gasteiger charge is 2.11. The van der Waals surface area contributed by atoms with Crippen LogP contribution in [0.4, 0.5) is 8.78 Å². The molecule has 19 heavy (non-hydrogen) atoms. The van der Waals surface area contributed by atoms with Crippen molar-refractivity contribution in [2.45, 2.75) is 6.92 Å². The zero-order chi connectivity index (χ0) is 13.8. The van der Waals surface area contributed by atoms with Crippen molar-refractivity contribution in [1.82, 2.24) is 15.0 Å². The van der Waals surface area contributed by atoms with Crippen LogP contribution in [0.2, 0.25) is 5.28 Å². The number of nitrogens with zero attached hydrogens (tertiary/aromatic N) is 3. The van der Waals surface area contributed by atoms with Crippen molar-refractivity contribution in [3.8, 4) is 17.8 Å². The Morgan fingerprint density at radius 2 is 1.89 bits per heavy atom. The maximum Gasteiger partial charge on any atom is 0.329 e. The maximum absolute atomic E-state index is 13.4. The Morgan fingerprint density at radius 3 is 2.58 bits per heavy atom. The molecule has 0 bridgehead atoms. The summed E-state index contributed by atoms with van der Waals surface area (Å²) in [6.07, 6.45) is 0. The Morgan fingerprint density at radius 1 is 1.16 bits per heavy atom. The van der Waals surface area contributed by atoms with Gasteiger partial charge in [0.15, 0.2) is 11.6 Å². The Hall–Kier alpha value is -2.02. The largest absolute Gasteiger partial charge is 0.464 e. The SMILES string of the molecule is CCOc1nc(Cl)nc(Oc2ccc(F)cc2F)n1. The van der Waals surface area contributed by atoms with Gasteiger partial charge < -0.3 is 9.47 Å². The highest BCUT2D eigenvalue weighted by Crippen LogP contribution is 2.24. The first-order chi connectivity index (χ1) is 9.08. The molecule has 0 aliphatic rings. The van der Waals surface area contributed by atoms with E-state index in [0.717, 1.165) is 12.1 Å². The fraction of sp³-hybridized carbons (Fsp3) is 0.182. The van der Waals surface area contributed by atoms with Crippen molar-refractivity contribution in [3.05, 3.63) is 35.1 Å². The van der Waals surface area contributed by atoms with Gasteiger partial charge in [-0.25, -0.2) is 8.78 Å².